The molecule has 0 unspecified atom stereocenters. The molecule has 0 atom stereocenters. The Kier molecular flexibility index (Phi) is 17.7. The number of hydrogen-bond acceptors (Lipinski definition) is 6. The molecule has 0 amide bonds. The second kappa shape index (κ2) is 13.9. The first kappa shape index (κ1) is 20.4. The van der Waals surface area contributed by atoms with Crippen LogP contribution in [-0.4, -0.2) is 23.5 Å². The van der Waals surface area contributed by atoms with E-state index in [2.05, 4.69) is 19.2 Å². The van der Waals surface area contributed by atoms with Crippen molar-refractivity contribution in [1.82, 2.24) is 0 Å². The van der Waals surface area contributed by atoms with Gasteiger partial charge in [-0.2, -0.15) is 0 Å². The number of rotatable bonds is 4. The molecule has 7 heteroatoms. The Hall–Kier alpha value is -1.06. The number of carbonyl (C=O) groups is 4. The Morgan fingerprint density at radius 2 is 1.00 bits per heavy atom. The fourth-order valence-electron chi connectivity index (χ4n) is 0.407. The maximum atomic E-state index is 9.83. The summed E-state index contributed by atoms with van der Waals surface area (Å²) in [6, 6.07) is 0. The zero-order valence-corrected chi connectivity index (χ0v) is 10.7. The van der Waals surface area contributed by atoms with Crippen molar-refractivity contribution >= 4 is 23.5 Å². The van der Waals surface area contributed by atoms with E-state index in [1.165, 1.54) is 13.8 Å². The summed E-state index contributed by atoms with van der Waals surface area (Å²) < 4.78 is 0. The monoisotopic (exact) mass is 323 g/mol. The van der Waals surface area contributed by atoms with Gasteiger partial charge in [0.05, 0.1) is 0 Å². The summed E-state index contributed by atoms with van der Waals surface area (Å²) >= 11 is 2.75. The van der Waals surface area contributed by atoms with Gasteiger partial charge < -0.3 is 19.8 Å². The normalized spacial score (nSPS) is 7.50. The number of carbonyl (C=O) groups excluding carboxylic acids is 4. The molecule has 0 aliphatic heterocycles. The van der Waals surface area contributed by atoms with Gasteiger partial charge in [0.1, 0.15) is 11.6 Å². The first-order valence-corrected chi connectivity index (χ1v) is 5.51. The molecule has 6 nitrogen and oxygen atoms in total. The van der Waals surface area contributed by atoms with Crippen LogP contribution in [0.1, 0.15) is 26.7 Å². The molecule has 0 aliphatic carbocycles. The van der Waals surface area contributed by atoms with Crippen molar-refractivity contribution in [2.75, 3.05) is 0 Å². The Balaban J connectivity index is -0.000000183. The van der Waals surface area contributed by atoms with Crippen molar-refractivity contribution in [3.8, 4) is 0 Å². The van der Waals surface area contributed by atoms with Crippen LogP contribution in [-0.2, 0) is 38.4 Å². The number of hydrogen-bond donors (Lipinski definition) is 0. The molecule has 0 aliphatic rings. The number of ketones is 2. The first-order valence-electron chi connectivity index (χ1n) is 3.96. The summed E-state index contributed by atoms with van der Waals surface area (Å²) in [5.74, 6) is -3.37. The zero-order valence-electron chi connectivity index (χ0n) is 9.18. The Labute approximate surface area is 104 Å². The Morgan fingerprint density at radius 3 is 1.00 bits per heavy atom. The van der Waals surface area contributed by atoms with Crippen LogP contribution in [0.5, 0.6) is 0 Å². The Bertz CT molecular complexity index is 198. The van der Waals surface area contributed by atoms with Gasteiger partial charge in [-0.1, -0.05) is 0 Å². The SMILES string of the molecule is CC(=O)CC(=O)[O-].CC(=O)CC(=O)[O-].[CH3][Pd+2]. The average Bonchev–Trinajstić information content (AvgIpc) is 2.03. The van der Waals surface area contributed by atoms with Crippen LogP contribution >= 0.6 is 0 Å². The summed E-state index contributed by atoms with van der Waals surface area (Å²) in [6.07, 6.45) is -0.944. The number of carboxylic acid groups (broad SMARTS) is 2. The van der Waals surface area contributed by atoms with Crippen molar-refractivity contribution in [3.05, 3.63) is 0 Å². The predicted octanol–water partition coefficient (Wildman–Crippen LogP) is -1.99. The number of aliphatic carboxylic acids is 2. The van der Waals surface area contributed by atoms with Crippen LogP contribution in [0.4, 0.5) is 0 Å². The van der Waals surface area contributed by atoms with Gasteiger partial charge in [0.15, 0.2) is 0 Å². The summed E-state index contributed by atoms with van der Waals surface area (Å²) in [4.78, 5) is 38.6. The molecule has 0 N–H and O–H groups in total. The van der Waals surface area contributed by atoms with Gasteiger partial charge in [-0.05, 0) is 13.8 Å². The van der Waals surface area contributed by atoms with Gasteiger partial charge in [-0.15, -0.1) is 0 Å². The molecular formula is C9H13O6Pd. The topological polar surface area (TPSA) is 114 Å². The van der Waals surface area contributed by atoms with Crippen LogP contribution in [0.25, 0.3) is 0 Å². The third kappa shape index (κ3) is 38.3. The van der Waals surface area contributed by atoms with Crippen LogP contribution in [0.15, 0.2) is 0 Å². The van der Waals surface area contributed by atoms with E-state index in [0.29, 0.717) is 0 Å². The second-order valence-corrected chi connectivity index (χ2v) is 2.50. The third-order valence-corrected chi connectivity index (χ3v) is 0.787. The number of Topliss-reactive ketones (excluding diaryl/α,β-unsaturated/α-hetero) is 2. The van der Waals surface area contributed by atoms with E-state index < -0.39 is 24.8 Å². The minimum atomic E-state index is -1.31. The Morgan fingerprint density at radius 1 is 0.812 bits per heavy atom. The quantitative estimate of drug-likeness (QED) is 0.437. The van der Waals surface area contributed by atoms with Gasteiger partial charge in [-0.3, -0.25) is 9.59 Å². The molecule has 0 rings (SSSR count). The maximum absolute atomic E-state index is 9.83. The summed E-state index contributed by atoms with van der Waals surface area (Å²) in [7, 11) is 0. The summed E-state index contributed by atoms with van der Waals surface area (Å²) in [5, 5.41) is 20.8. The van der Waals surface area contributed by atoms with E-state index in [4.69, 9.17) is 0 Å². The van der Waals surface area contributed by atoms with E-state index in [-0.39, 0.29) is 11.6 Å². The minimum absolute atomic E-state index is 0.375. The fourth-order valence-corrected chi connectivity index (χ4v) is 0.407. The van der Waals surface area contributed by atoms with E-state index >= 15 is 0 Å². The van der Waals surface area contributed by atoms with Gasteiger partial charge >= 0.3 is 24.6 Å². The predicted molar refractivity (Wildman–Crippen MR) is 46.5 cm³/mol. The molecule has 0 heterocycles. The average molecular weight is 324 g/mol. The van der Waals surface area contributed by atoms with E-state index in [1.54, 1.807) is 0 Å². The first-order chi connectivity index (χ1) is 7.25. The molecule has 0 saturated heterocycles. The van der Waals surface area contributed by atoms with E-state index in [0.717, 1.165) is 0 Å². The number of carboxylic acids is 2. The molecule has 0 aromatic carbocycles. The van der Waals surface area contributed by atoms with Gasteiger partial charge in [0.2, 0.25) is 0 Å². The molecule has 0 spiro atoms. The van der Waals surface area contributed by atoms with Crippen LogP contribution in [0, 0.1) is 0 Å². The van der Waals surface area contributed by atoms with Gasteiger partial charge in [-0.25, -0.2) is 0 Å². The molecule has 95 valence electrons. The third-order valence-electron chi connectivity index (χ3n) is 0.787. The van der Waals surface area contributed by atoms with Gasteiger partial charge in [0, 0.05) is 24.8 Å². The molecular weight excluding hydrogens is 311 g/mol. The molecule has 0 aromatic rings. The zero-order chi connectivity index (χ0) is 13.7. The van der Waals surface area contributed by atoms with Crippen LogP contribution in [0.2, 0.25) is 5.40 Å². The van der Waals surface area contributed by atoms with Crippen molar-refractivity contribution in [1.29, 1.82) is 0 Å². The molecule has 0 saturated carbocycles. The van der Waals surface area contributed by atoms with Crippen molar-refractivity contribution in [3.63, 3.8) is 0 Å². The van der Waals surface area contributed by atoms with Crippen LogP contribution < -0.4 is 10.2 Å². The fraction of sp³-hybridized carbons (Fsp3) is 0.556. The molecule has 0 radical (unpaired) electrons. The van der Waals surface area contributed by atoms with Crippen molar-refractivity contribution < 1.29 is 48.6 Å². The second-order valence-electron chi connectivity index (χ2n) is 2.50. The van der Waals surface area contributed by atoms with Crippen LogP contribution in [0.3, 0.4) is 0 Å². The van der Waals surface area contributed by atoms with Crippen molar-refractivity contribution in [2.24, 2.45) is 0 Å². The van der Waals surface area contributed by atoms with E-state index in [1.807, 2.05) is 5.40 Å². The molecule has 0 fully saturated rings. The summed E-state index contributed by atoms with van der Waals surface area (Å²) in [6.45, 7) is 2.41. The molecule has 16 heavy (non-hydrogen) atoms. The summed E-state index contributed by atoms with van der Waals surface area (Å²) in [5.41, 5.74) is 0. The molecule has 0 aromatic heterocycles. The van der Waals surface area contributed by atoms with Gasteiger partial charge in [0.25, 0.3) is 0 Å². The molecule has 0 bridgehead atoms. The van der Waals surface area contributed by atoms with E-state index in [9.17, 15) is 29.4 Å². The standard InChI is InChI=1S/2C4H6O3.CH3.Pd/c2*1-3(5)2-4(6)7;;/h2*2H2,1H3,(H,6,7);1H3;/q;;;+2/p-2. The van der Waals surface area contributed by atoms with Crippen molar-refractivity contribution in [2.45, 2.75) is 32.1 Å².